The molecule has 8 nitrogen and oxygen atoms in total. The smallest absolute Gasteiger partial charge is 0.242 e. The van der Waals surface area contributed by atoms with Crippen LogP contribution in [0.5, 0.6) is 0 Å². The number of amides is 1. The first-order valence-corrected chi connectivity index (χ1v) is 11.0. The Morgan fingerprint density at radius 3 is 2.58 bits per heavy atom. The van der Waals surface area contributed by atoms with Crippen LogP contribution in [0.2, 0.25) is 0 Å². The van der Waals surface area contributed by atoms with Gasteiger partial charge in [0.15, 0.2) is 0 Å². The molecule has 0 bridgehead atoms. The number of hydrogen-bond donors (Lipinski definition) is 1. The number of hydrogen-bond acceptors (Lipinski definition) is 6. The highest BCUT2D eigenvalue weighted by Crippen LogP contribution is 2.31. The van der Waals surface area contributed by atoms with Crippen LogP contribution < -0.4 is 5.32 Å². The van der Waals surface area contributed by atoms with Crippen molar-refractivity contribution >= 4 is 5.91 Å². The largest absolute Gasteiger partial charge is 0.353 e. The highest BCUT2D eigenvalue weighted by molar-refractivity contribution is 5.84. The minimum atomic E-state index is -0.481. The predicted molar refractivity (Wildman–Crippen MR) is 124 cm³/mol. The average Bonchev–Trinajstić information content (AvgIpc) is 3.40. The van der Waals surface area contributed by atoms with Gasteiger partial charge in [0, 0.05) is 29.9 Å². The van der Waals surface area contributed by atoms with E-state index in [1.165, 1.54) is 5.56 Å². The molecule has 8 heteroatoms. The van der Waals surface area contributed by atoms with Gasteiger partial charge in [-0.3, -0.25) is 9.69 Å². The molecule has 1 saturated heterocycles. The molecule has 1 aliphatic rings. The molecule has 1 amide bonds. The topological polar surface area (TPSA) is 89.1 Å². The molecule has 1 fully saturated rings. The molecule has 1 atom stereocenters. The Bertz CT molecular complexity index is 1280. The van der Waals surface area contributed by atoms with E-state index >= 15 is 0 Å². The fourth-order valence-corrected chi connectivity index (χ4v) is 4.38. The van der Waals surface area contributed by atoms with E-state index in [4.69, 9.17) is 9.62 Å². The van der Waals surface area contributed by atoms with Gasteiger partial charge < -0.3 is 9.84 Å². The number of rotatable bonds is 5. The predicted octanol–water partition coefficient (Wildman–Crippen LogP) is 3.52. The zero-order chi connectivity index (χ0) is 22.9. The van der Waals surface area contributed by atoms with Gasteiger partial charge in [0.05, 0.1) is 17.9 Å². The zero-order valence-corrected chi connectivity index (χ0v) is 18.9. The highest BCUT2D eigenvalue weighted by atomic mass is 16.5. The second-order valence-electron chi connectivity index (χ2n) is 8.37. The Balaban J connectivity index is 1.45. The maximum absolute atomic E-state index is 13.0. The van der Waals surface area contributed by atoms with Crippen molar-refractivity contribution in [1.82, 2.24) is 30.1 Å². The van der Waals surface area contributed by atoms with Crippen LogP contribution in [0.25, 0.3) is 17.1 Å². The quantitative estimate of drug-likeness (QED) is 0.509. The van der Waals surface area contributed by atoms with Crippen LogP contribution in [0.1, 0.15) is 34.4 Å². The summed E-state index contributed by atoms with van der Waals surface area (Å²) in [5.74, 6) is 0.988. The van der Waals surface area contributed by atoms with Gasteiger partial charge in [-0.2, -0.15) is 10.1 Å². The molecule has 5 rings (SSSR count). The molecule has 2 aromatic heterocycles. The van der Waals surface area contributed by atoms with Crippen LogP contribution in [-0.2, 0) is 11.3 Å². The van der Waals surface area contributed by atoms with Crippen LogP contribution in [0.4, 0.5) is 0 Å². The summed E-state index contributed by atoms with van der Waals surface area (Å²) in [4.78, 5) is 19.7. The van der Waals surface area contributed by atoms with Gasteiger partial charge >= 0.3 is 0 Å². The Kier molecular flexibility index (Phi) is 5.51. The van der Waals surface area contributed by atoms with Crippen molar-refractivity contribution in [2.75, 3.05) is 13.1 Å². The average molecular weight is 443 g/mol. The summed E-state index contributed by atoms with van der Waals surface area (Å²) in [6, 6.07) is 17.5. The second kappa shape index (κ2) is 8.63. The van der Waals surface area contributed by atoms with E-state index in [-0.39, 0.29) is 5.91 Å². The van der Waals surface area contributed by atoms with Gasteiger partial charge in [-0.15, -0.1) is 0 Å². The molecule has 1 unspecified atom stereocenters. The normalized spacial score (nSPS) is 16.7. The SMILES string of the molecule is Cc1ccc(-c2noc(CN3CCNC(=O)C3c3c(C)nn(-c4ccccc4)c3C)n2)cc1. The van der Waals surface area contributed by atoms with E-state index in [1.54, 1.807) is 0 Å². The van der Waals surface area contributed by atoms with Crippen LogP contribution in [0, 0.1) is 20.8 Å². The molecular weight excluding hydrogens is 416 g/mol. The number of carbonyl (C=O) groups excluding carboxylic acids is 1. The minimum absolute atomic E-state index is 0.0432. The first kappa shape index (κ1) is 21.1. The van der Waals surface area contributed by atoms with E-state index in [9.17, 15) is 4.79 Å². The number of piperazine rings is 1. The molecule has 168 valence electrons. The van der Waals surface area contributed by atoms with E-state index in [0.29, 0.717) is 31.3 Å². The summed E-state index contributed by atoms with van der Waals surface area (Å²) >= 11 is 0. The summed E-state index contributed by atoms with van der Waals surface area (Å²) in [6.45, 7) is 7.62. The first-order valence-electron chi connectivity index (χ1n) is 11.0. The third-order valence-electron chi connectivity index (χ3n) is 6.05. The van der Waals surface area contributed by atoms with Crippen LogP contribution in [0.3, 0.4) is 0 Å². The van der Waals surface area contributed by atoms with Crippen molar-refractivity contribution in [2.45, 2.75) is 33.4 Å². The Morgan fingerprint density at radius 1 is 1.06 bits per heavy atom. The van der Waals surface area contributed by atoms with Crippen LogP contribution >= 0.6 is 0 Å². The number of nitrogens with zero attached hydrogens (tertiary/aromatic N) is 5. The lowest BCUT2D eigenvalue weighted by atomic mass is 10.00. The number of nitrogens with one attached hydrogen (secondary N) is 1. The van der Waals surface area contributed by atoms with Gasteiger partial charge in [0.1, 0.15) is 6.04 Å². The van der Waals surface area contributed by atoms with Crippen molar-refractivity contribution in [3.8, 4) is 17.1 Å². The number of aryl methyl sites for hydroxylation is 2. The lowest BCUT2D eigenvalue weighted by Crippen LogP contribution is -2.49. The van der Waals surface area contributed by atoms with Gasteiger partial charge in [-0.1, -0.05) is 53.2 Å². The monoisotopic (exact) mass is 442 g/mol. The maximum atomic E-state index is 13.0. The van der Waals surface area contributed by atoms with Crippen molar-refractivity contribution in [2.24, 2.45) is 0 Å². The molecule has 0 spiro atoms. The first-order chi connectivity index (χ1) is 16.0. The fraction of sp³-hybridized carbons (Fsp3) is 0.280. The van der Waals surface area contributed by atoms with Crippen molar-refractivity contribution < 1.29 is 9.32 Å². The van der Waals surface area contributed by atoms with Crippen molar-refractivity contribution in [3.63, 3.8) is 0 Å². The van der Waals surface area contributed by atoms with Crippen molar-refractivity contribution in [3.05, 3.63) is 83.0 Å². The van der Waals surface area contributed by atoms with Gasteiger partial charge in [0.2, 0.25) is 17.6 Å². The molecule has 0 radical (unpaired) electrons. The molecule has 0 aliphatic carbocycles. The highest BCUT2D eigenvalue weighted by Gasteiger charge is 2.36. The van der Waals surface area contributed by atoms with Gasteiger partial charge in [-0.05, 0) is 32.9 Å². The Labute approximate surface area is 192 Å². The lowest BCUT2D eigenvalue weighted by molar-refractivity contribution is -0.129. The summed E-state index contributed by atoms with van der Waals surface area (Å²) in [5.41, 5.74) is 5.72. The third-order valence-corrected chi connectivity index (χ3v) is 6.05. The fourth-order valence-electron chi connectivity index (χ4n) is 4.38. The van der Waals surface area contributed by atoms with Crippen molar-refractivity contribution in [1.29, 1.82) is 0 Å². The van der Waals surface area contributed by atoms with E-state index in [2.05, 4.69) is 20.4 Å². The number of benzene rings is 2. The molecular formula is C25H26N6O2. The second-order valence-corrected chi connectivity index (χ2v) is 8.37. The standard InChI is InChI=1S/C25H26N6O2/c1-16-9-11-19(12-10-16)24-27-21(33-29-24)15-30-14-13-26-25(32)23(30)22-17(2)28-31(18(22)3)20-7-5-4-6-8-20/h4-12,23H,13-15H2,1-3H3,(H,26,32). The lowest BCUT2D eigenvalue weighted by Gasteiger charge is -2.34. The molecule has 3 heterocycles. The maximum Gasteiger partial charge on any atom is 0.242 e. The summed E-state index contributed by atoms with van der Waals surface area (Å²) in [7, 11) is 0. The molecule has 4 aromatic rings. The summed E-state index contributed by atoms with van der Waals surface area (Å²) in [6.07, 6.45) is 0. The van der Waals surface area contributed by atoms with E-state index in [0.717, 1.165) is 28.2 Å². The van der Waals surface area contributed by atoms with Crippen LogP contribution in [-0.4, -0.2) is 43.8 Å². The summed E-state index contributed by atoms with van der Waals surface area (Å²) < 4.78 is 7.45. The van der Waals surface area contributed by atoms with Gasteiger partial charge in [-0.25, -0.2) is 4.68 Å². The molecule has 33 heavy (non-hydrogen) atoms. The number of para-hydroxylation sites is 1. The molecule has 2 aromatic carbocycles. The van der Waals surface area contributed by atoms with Gasteiger partial charge in [0.25, 0.3) is 0 Å². The third kappa shape index (κ3) is 4.05. The van der Waals surface area contributed by atoms with E-state index < -0.39 is 6.04 Å². The number of carbonyl (C=O) groups is 1. The molecule has 0 saturated carbocycles. The summed E-state index contributed by atoms with van der Waals surface area (Å²) in [5, 5.41) is 11.9. The molecule has 1 N–H and O–H groups in total. The Morgan fingerprint density at radius 2 is 1.82 bits per heavy atom. The minimum Gasteiger partial charge on any atom is -0.353 e. The zero-order valence-electron chi connectivity index (χ0n) is 18.9. The molecule has 1 aliphatic heterocycles. The number of aromatic nitrogens is 4. The van der Waals surface area contributed by atoms with E-state index in [1.807, 2.05) is 80.1 Å². The Hall–Kier alpha value is -3.78. The van der Waals surface area contributed by atoms with Crippen LogP contribution in [0.15, 0.2) is 59.1 Å².